The van der Waals surface area contributed by atoms with E-state index >= 15 is 0 Å². The number of benzene rings is 2. The van der Waals surface area contributed by atoms with E-state index in [-0.39, 0.29) is 12.5 Å². The van der Waals surface area contributed by atoms with Gasteiger partial charge >= 0.3 is 0 Å². The fourth-order valence-electron chi connectivity index (χ4n) is 2.44. The largest absolute Gasteiger partial charge is 0.484 e. The molecule has 1 atom stereocenters. The molecule has 0 aliphatic rings. The van der Waals surface area contributed by atoms with Gasteiger partial charge in [0.1, 0.15) is 5.75 Å². The monoisotopic (exact) mass is 450 g/mol. The number of halogens is 1. The fourth-order valence-corrected chi connectivity index (χ4v) is 3.01. The van der Waals surface area contributed by atoms with Gasteiger partial charge in [-0.3, -0.25) is 4.79 Å². The molecule has 0 radical (unpaired) electrons. The van der Waals surface area contributed by atoms with Crippen LogP contribution in [0.25, 0.3) is 0 Å². The molecule has 25 heavy (non-hydrogen) atoms. The Hall–Kier alpha value is -1.89. The Morgan fingerprint density at radius 2 is 2.04 bits per heavy atom. The highest BCUT2D eigenvalue weighted by atomic mass is 127. The van der Waals surface area contributed by atoms with Crippen LogP contribution in [0.3, 0.4) is 0 Å². The zero-order valence-corrected chi connectivity index (χ0v) is 16.7. The predicted molar refractivity (Wildman–Crippen MR) is 110 cm³/mol. The Kier molecular flexibility index (Phi) is 7.91. The van der Waals surface area contributed by atoms with Crippen LogP contribution in [0.1, 0.15) is 43.7 Å². The maximum atomic E-state index is 11.8. The maximum Gasteiger partial charge on any atom is 0.277 e. The minimum atomic E-state index is -0.287. The molecule has 2 aromatic carbocycles. The van der Waals surface area contributed by atoms with Crippen LogP contribution >= 0.6 is 22.6 Å². The zero-order valence-electron chi connectivity index (χ0n) is 14.5. The summed E-state index contributed by atoms with van der Waals surface area (Å²) in [7, 11) is 0. The molecule has 0 spiro atoms. The lowest BCUT2D eigenvalue weighted by Crippen LogP contribution is -2.24. The molecule has 5 heteroatoms. The summed E-state index contributed by atoms with van der Waals surface area (Å²) in [6.07, 6.45) is 3.95. The van der Waals surface area contributed by atoms with Gasteiger partial charge in [-0.05, 0) is 70.3 Å². The molecule has 1 amide bonds. The van der Waals surface area contributed by atoms with Gasteiger partial charge in [0.25, 0.3) is 5.91 Å². The summed E-state index contributed by atoms with van der Waals surface area (Å²) in [4.78, 5) is 11.8. The summed E-state index contributed by atoms with van der Waals surface area (Å²) >= 11 is 2.23. The number of ether oxygens (including phenoxy) is 1. The van der Waals surface area contributed by atoms with E-state index < -0.39 is 0 Å². The van der Waals surface area contributed by atoms with Gasteiger partial charge in [0.15, 0.2) is 6.61 Å². The molecule has 0 aliphatic heterocycles. The molecule has 0 saturated carbocycles. The van der Waals surface area contributed by atoms with Crippen molar-refractivity contribution in [3.63, 3.8) is 0 Å². The van der Waals surface area contributed by atoms with Crippen molar-refractivity contribution in [2.75, 3.05) is 6.61 Å². The molecular formula is C20H23IN2O2. The van der Waals surface area contributed by atoms with Crippen LogP contribution in [0.4, 0.5) is 0 Å². The average Bonchev–Trinajstić information content (AvgIpc) is 2.61. The van der Waals surface area contributed by atoms with Crippen LogP contribution in [0.15, 0.2) is 53.6 Å². The topological polar surface area (TPSA) is 50.7 Å². The minimum absolute atomic E-state index is 0.0620. The average molecular weight is 450 g/mol. The number of hydrogen-bond donors (Lipinski definition) is 1. The smallest absolute Gasteiger partial charge is 0.277 e. The highest BCUT2D eigenvalue weighted by Gasteiger charge is 2.05. The Labute approximate surface area is 162 Å². The van der Waals surface area contributed by atoms with E-state index in [2.05, 4.69) is 59.1 Å². The van der Waals surface area contributed by atoms with E-state index in [0.29, 0.717) is 11.7 Å². The van der Waals surface area contributed by atoms with E-state index in [1.54, 1.807) is 6.21 Å². The molecule has 2 rings (SSSR count). The first kappa shape index (κ1) is 19.4. The normalized spacial score (nSPS) is 12.1. The fraction of sp³-hybridized carbons (Fsp3) is 0.300. The number of amides is 1. The van der Waals surface area contributed by atoms with Crippen LogP contribution in [-0.2, 0) is 4.79 Å². The van der Waals surface area contributed by atoms with Gasteiger partial charge in [0.2, 0.25) is 0 Å². The van der Waals surface area contributed by atoms with E-state index in [4.69, 9.17) is 4.74 Å². The number of hydrazone groups is 1. The highest BCUT2D eigenvalue weighted by molar-refractivity contribution is 14.1. The number of hydrogen-bond acceptors (Lipinski definition) is 3. The summed E-state index contributed by atoms with van der Waals surface area (Å²) in [5.41, 5.74) is 4.70. The van der Waals surface area contributed by atoms with Crippen molar-refractivity contribution in [3.05, 3.63) is 63.2 Å². The van der Waals surface area contributed by atoms with Crippen molar-refractivity contribution < 1.29 is 9.53 Å². The number of carbonyl (C=O) groups is 1. The lowest BCUT2D eigenvalue weighted by molar-refractivity contribution is -0.123. The van der Waals surface area contributed by atoms with Gasteiger partial charge in [-0.1, -0.05) is 44.5 Å². The van der Waals surface area contributed by atoms with Gasteiger partial charge in [0, 0.05) is 3.57 Å². The molecule has 132 valence electrons. The van der Waals surface area contributed by atoms with Crippen molar-refractivity contribution in [3.8, 4) is 5.75 Å². The molecule has 0 fully saturated rings. The summed E-state index contributed by atoms with van der Waals surface area (Å²) in [5, 5.41) is 3.94. The first-order valence-electron chi connectivity index (χ1n) is 8.38. The summed E-state index contributed by atoms with van der Waals surface area (Å²) in [6.45, 7) is 4.35. The predicted octanol–water partition coefficient (Wildman–Crippen LogP) is 4.72. The van der Waals surface area contributed by atoms with Gasteiger partial charge in [-0.25, -0.2) is 5.43 Å². The molecule has 0 saturated heterocycles. The zero-order chi connectivity index (χ0) is 18.1. The third kappa shape index (κ3) is 6.86. The van der Waals surface area contributed by atoms with E-state index in [1.807, 2.05) is 36.4 Å². The number of rotatable bonds is 8. The van der Waals surface area contributed by atoms with Crippen LogP contribution in [0, 0.1) is 3.57 Å². The van der Waals surface area contributed by atoms with Crippen LogP contribution in [0.2, 0.25) is 0 Å². The lowest BCUT2D eigenvalue weighted by atomic mass is 9.97. The van der Waals surface area contributed by atoms with Crippen LogP contribution in [-0.4, -0.2) is 18.7 Å². The Morgan fingerprint density at radius 1 is 1.28 bits per heavy atom. The molecular weight excluding hydrogens is 427 g/mol. The van der Waals surface area contributed by atoms with Crippen molar-refractivity contribution in [2.45, 2.75) is 32.6 Å². The number of carbonyl (C=O) groups excluding carboxylic acids is 1. The van der Waals surface area contributed by atoms with Crippen molar-refractivity contribution in [1.29, 1.82) is 0 Å². The van der Waals surface area contributed by atoms with Crippen molar-refractivity contribution >= 4 is 34.7 Å². The molecule has 1 N–H and O–H groups in total. The second kappa shape index (κ2) is 10.2. The van der Waals surface area contributed by atoms with Crippen LogP contribution in [0.5, 0.6) is 5.75 Å². The summed E-state index contributed by atoms with van der Waals surface area (Å²) in [6, 6.07) is 15.8. The quantitative estimate of drug-likeness (QED) is 0.360. The molecule has 4 nitrogen and oxygen atoms in total. The minimum Gasteiger partial charge on any atom is -0.484 e. The molecule has 0 heterocycles. The van der Waals surface area contributed by atoms with E-state index in [1.165, 1.54) is 18.4 Å². The third-order valence-corrected chi connectivity index (χ3v) is 4.46. The SMILES string of the molecule is CCCC(C)c1ccc(OCC(=O)NN=Cc2cccc(I)c2)cc1. The van der Waals surface area contributed by atoms with Gasteiger partial charge in [-0.15, -0.1) is 0 Å². The third-order valence-electron chi connectivity index (χ3n) is 3.79. The van der Waals surface area contributed by atoms with Gasteiger partial charge in [0.05, 0.1) is 6.21 Å². The summed E-state index contributed by atoms with van der Waals surface area (Å²) < 4.78 is 6.62. The van der Waals surface area contributed by atoms with Gasteiger partial charge < -0.3 is 4.74 Å². The Balaban J connectivity index is 1.78. The second-order valence-electron chi connectivity index (χ2n) is 5.90. The molecule has 0 aliphatic carbocycles. The Morgan fingerprint density at radius 3 is 2.72 bits per heavy atom. The molecule has 0 aromatic heterocycles. The number of nitrogens with zero attached hydrogens (tertiary/aromatic N) is 1. The molecule has 2 aromatic rings. The standard InChI is InChI=1S/C20H23IN2O2/c1-3-5-15(2)17-8-10-19(11-9-17)25-14-20(24)23-22-13-16-6-4-7-18(21)12-16/h4,6-13,15H,3,5,14H2,1-2H3,(H,23,24). The first-order chi connectivity index (χ1) is 12.1. The Bertz CT molecular complexity index is 714. The molecule has 1 unspecified atom stereocenters. The van der Waals surface area contributed by atoms with Crippen molar-refractivity contribution in [1.82, 2.24) is 5.43 Å². The first-order valence-corrected chi connectivity index (χ1v) is 9.46. The highest BCUT2D eigenvalue weighted by Crippen LogP contribution is 2.22. The lowest BCUT2D eigenvalue weighted by Gasteiger charge is -2.11. The van der Waals surface area contributed by atoms with E-state index in [0.717, 1.165) is 9.13 Å². The van der Waals surface area contributed by atoms with Gasteiger partial charge in [-0.2, -0.15) is 5.10 Å². The van der Waals surface area contributed by atoms with Crippen LogP contribution < -0.4 is 10.2 Å². The molecule has 0 bridgehead atoms. The number of nitrogens with one attached hydrogen (secondary N) is 1. The second-order valence-corrected chi connectivity index (χ2v) is 7.14. The van der Waals surface area contributed by atoms with E-state index in [9.17, 15) is 4.79 Å². The summed E-state index contributed by atoms with van der Waals surface area (Å²) in [5.74, 6) is 0.937. The van der Waals surface area contributed by atoms with Crippen molar-refractivity contribution in [2.24, 2.45) is 5.10 Å². The maximum absolute atomic E-state index is 11.8.